The lowest BCUT2D eigenvalue weighted by Gasteiger charge is -2.17. The van der Waals surface area contributed by atoms with E-state index in [4.69, 9.17) is 14.2 Å². The Balaban J connectivity index is 1.75. The predicted molar refractivity (Wildman–Crippen MR) is 110 cm³/mol. The second kappa shape index (κ2) is 10.2. The van der Waals surface area contributed by atoms with Gasteiger partial charge in [0.15, 0.2) is 11.5 Å². The van der Waals surface area contributed by atoms with E-state index in [1.807, 2.05) is 32.9 Å². The largest absolute Gasteiger partial charge is 0.490 e. The summed E-state index contributed by atoms with van der Waals surface area (Å²) in [6.07, 6.45) is 5.11. The van der Waals surface area contributed by atoms with Gasteiger partial charge < -0.3 is 19.5 Å². The van der Waals surface area contributed by atoms with Crippen molar-refractivity contribution in [3.05, 3.63) is 54.1 Å². The van der Waals surface area contributed by atoms with Crippen LogP contribution in [0.2, 0.25) is 0 Å². The highest BCUT2D eigenvalue weighted by Crippen LogP contribution is 2.39. The molecular formula is C21H25N5O4. The number of benzene rings is 1. The average Bonchev–Trinajstić information content (AvgIpc) is 3.24. The SMILES string of the molecule is CCOc1cc(C(=O)NCc2cn(-c3ccncc3)nn2)cc(OCC)c1OCC. The van der Waals surface area contributed by atoms with Crippen molar-refractivity contribution in [2.24, 2.45) is 0 Å². The summed E-state index contributed by atoms with van der Waals surface area (Å²) < 4.78 is 18.6. The van der Waals surface area contributed by atoms with Crippen molar-refractivity contribution in [2.75, 3.05) is 19.8 Å². The first-order valence-corrected chi connectivity index (χ1v) is 9.82. The van der Waals surface area contributed by atoms with Crippen molar-refractivity contribution in [1.29, 1.82) is 0 Å². The molecule has 0 bridgehead atoms. The molecule has 1 amide bonds. The molecule has 3 rings (SSSR count). The van der Waals surface area contributed by atoms with Crippen molar-refractivity contribution < 1.29 is 19.0 Å². The van der Waals surface area contributed by atoms with Gasteiger partial charge in [-0.1, -0.05) is 5.21 Å². The van der Waals surface area contributed by atoms with E-state index in [2.05, 4.69) is 20.6 Å². The third-order valence-corrected chi connectivity index (χ3v) is 4.07. The van der Waals surface area contributed by atoms with Crippen LogP contribution in [0.25, 0.3) is 5.69 Å². The predicted octanol–water partition coefficient (Wildman–Crippen LogP) is 2.79. The molecule has 30 heavy (non-hydrogen) atoms. The van der Waals surface area contributed by atoms with Crippen LogP contribution in [0.3, 0.4) is 0 Å². The summed E-state index contributed by atoms with van der Waals surface area (Å²) in [5, 5.41) is 11.0. The number of carbonyl (C=O) groups is 1. The van der Waals surface area contributed by atoms with Crippen LogP contribution in [0.1, 0.15) is 36.8 Å². The summed E-state index contributed by atoms with van der Waals surface area (Å²) in [6, 6.07) is 6.95. The van der Waals surface area contributed by atoms with E-state index in [1.54, 1.807) is 35.4 Å². The van der Waals surface area contributed by atoms with E-state index in [-0.39, 0.29) is 12.5 Å². The van der Waals surface area contributed by atoms with E-state index in [1.165, 1.54) is 0 Å². The van der Waals surface area contributed by atoms with E-state index in [0.717, 1.165) is 5.69 Å². The van der Waals surface area contributed by atoms with Crippen molar-refractivity contribution in [3.63, 3.8) is 0 Å². The quantitative estimate of drug-likeness (QED) is 0.547. The van der Waals surface area contributed by atoms with Crippen LogP contribution in [-0.4, -0.2) is 45.7 Å². The normalized spacial score (nSPS) is 10.5. The molecule has 0 aliphatic carbocycles. The number of aromatic nitrogens is 4. The van der Waals surface area contributed by atoms with E-state index in [9.17, 15) is 4.79 Å². The Labute approximate surface area is 175 Å². The molecule has 3 aromatic rings. The number of pyridine rings is 1. The second-order valence-electron chi connectivity index (χ2n) is 6.14. The van der Waals surface area contributed by atoms with Crippen LogP contribution in [0.15, 0.2) is 42.9 Å². The maximum absolute atomic E-state index is 12.8. The standard InChI is InChI=1S/C21H25N5O4/c1-4-28-18-11-15(12-19(29-5-2)20(18)30-6-3)21(27)23-13-16-14-26(25-24-16)17-7-9-22-10-8-17/h7-12,14H,4-6,13H2,1-3H3,(H,23,27). The fourth-order valence-electron chi connectivity index (χ4n) is 2.80. The van der Waals surface area contributed by atoms with Gasteiger partial charge in [-0.25, -0.2) is 4.68 Å². The van der Waals surface area contributed by atoms with Gasteiger partial charge in [-0.2, -0.15) is 0 Å². The highest BCUT2D eigenvalue weighted by molar-refractivity contribution is 5.95. The van der Waals surface area contributed by atoms with Gasteiger partial charge in [-0.15, -0.1) is 5.10 Å². The molecule has 0 atom stereocenters. The summed E-state index contributed by atoms with van der Waals surface area (Å²) in [7, 11) is 0. The molecule has 1 aromatic carbocycles. The van der Waals surface area contributed by atoms with Gasteiger partial charge in [-0.3, -0.25) is 9.78 Å². The molecule has 0 saturated heterocycles. The minimum atomic E-state index is -0.279. The van der Waals surface area contributed by atoms with Crippen LogP contribution in [0, 0.1) is 0 Å². The Morgan fingerprint density at radius 3 is 2.23 bits per heavy atom. The molecule has 0 unspecified atom stereocenters. The lowest BCUT2D eigenvalue weighted by molar-refractivity contribution is 0.0949. The highest BCUT2D eigenvalue weighted by atomic mass is 16.5. The van der Waals surface area contributed by atoms with Crippen molar-refractivity contribution in [1.82, 2.24) is 25.3 Å². The van der Waals surface area contributed by atoms with Gasteiger partial charge in [-0.05, 0) is 45.0 Å². The van der Waals surface area contributed by atoms with Crippen molar-refractivity contribution in [3.8, 4) is 22.9 Å². The summed E-state index contributed by atoms with van der Waals surface area (Å²) in [6.45, 7) is 7.18. The minimum absolute atomic E-state index is 0.227. The number of hydrogen-bond acceptors (Lipinski definition) is 7. The first-order valence-electron chi connectivity index (χ1n) is 9.82. The van der Waals surface area contributed by atoms with E-state index < -0.39 is 0 Å². The summed E-state index contributed by atoms with van der Waals surface area (Å²) in [5.41, 5.74) is 1.87. The Kier molecular flexibility index (Phi) is 7.20. The molecular weight excluding hydrogens is 386 g/mol. The zero-order valence-electron chi connectivity index (χ0n) is 17.3. The Bertz CT molecular complexity index is 948. The first kappa shape index (κ1) is 21.1. The topological polar surface area (TPSA) is 100 Å². The zero-order valence-corrected chi connectivity index (χ0v) is 17.3. The maximum Gasteiger partial charge on any atom is 0.251 e. The first-order chi connectivity index (χ1) is 14.7. The Hall–Kier alpha value is -3.62. The molecule has 1 N–H and O–H groups in total. The van der Waals surface area contributed by atoms with Crippen LogP contribution in [0.5, 0.6) is 17.2 Å². The minimum Gasteiger partial charge on any atom is -0.490 e. The second-order valence-corrected chi connectivity index (χ2v) is 6.14. The molecule has 9 nitrogen and oxygen atoms in total. The van der Waals surface area contributed by atoms with Crippen molar-refractivity contribution in [2.45, 2.75) is 27.3 Å². The monoisotopic (exact) mass is 411 g/mol. The Morgan fingerprint density at radius 1 is 1.00 bits per heavy atom. The zero-order chi connectivity index (χ0) is 21.3. The lowest BCUT2D eigenvalue weighted by atomic mass is 10.1. The number of nitrogens with zero attached hydrogens (tertiary/aromatic N) is 4. The number of hydrogen-bond donors (Lipinski definition) is 1. The van der Waals surface area contributed by atoms with E-state index >= 15 is 0 Å². The summed E-state index contributed by atoms with van der Waals surface area (Å²) in [5.74, 6) is 1.16. The number of rotatable bonds is 10. The fraction of sp³-hybridized carbons (Fsp3) is 0.333. The third-order valence-electron chi connectivity index (χ3n) is 4.07. The number of carbonyl (C=O) groups excluding carboxylic acids is 1. The van der Waals surface area contributed by atoms with Gasteiger partial charge in [0.25, 0.3) is 5.91 Å². The molecule has 2 aromatic heterocycles. The van der Waals surface area contributed by atoms with Crippen LogP contribution < -0.4 is 19.5 Å². The molecule has 0 spiro atoms. The highest BCUT2D eigenvalue weighted by Gasteiger charge is 2.18. The third kappa shape index (κ3) is 5.05. The number of amides is 1. The molecule has 0 aliphatic heterocycles. The van der Waals surface area contributed by atoms with E-state index in [0.29, 0.717) is 48.3 Å². The molecule has 158 valence electrons. The van der Waals surface area contributed by atoms with Gasteiger partial charge in [0.2, 0.25) is 5.75 Å². The van der Waals surface area contributed by atoms with Gasteiger partial charge in [0.05, 0.1) is 38.2 Å². The van der Waals surface area contributed by atoms with Gasteiger partial charge in [0, 0.05) is 18.0 Å². The maximum atomic E-state index is 12.8. The Morgan fingerprint density at radius 2 is 1.63 bits per heavy atom. The molecule has 0 aliphatic rings. The van der Waals surface area contributed by atoms with Gasteiger partial charge >= 0.3 is 0 Å². The average molecular weight is 411 g/mol. The van der Waals surface area contributed by atoms with Crippen molar-refractivity contribution >= 4 is 5.91 Å². The molecule has 2 heterocycles. The molecule has 0 radical (unpaired) electrons. The lowest BCUT2D eigenvalue weighted by Crippen LogP contribution is -2.23. The van der Waals surface area contributed by atoms with Crippen LogP contribution in [-0.2, 0) is 6.54 Å². The van der Waals surface area contributed by atoms with Crippen LogP contribution in [0.4, 0.5) is 0 Å². The number of nitrogens with one attached hydrogen (secondary N) is 1. The summed E-state index contributed by atoms with van der Waals surface area (Å²) >= 11 is 0. The molecule has 9 heteroatoms. The molecule has 0 fully saturated rings. The molecule has 0 saturated carbocycles. The number of ether oxygens (including phenoxy) is 3. The fourth-order valence-corrected chi connectivity index (χ4v) is 2.80. The smallest absolute Gasteiger partial charge is 0.251 e. The van der Waals surface area contributed by atoms with Gasteiger partial charge in [0.1, 0.15) is 5.69 Å². The summed E-state index contributed by atoms with van der Waals surface area (Å²) in [4.78, 5) is 16.7. The van der Waals surface area contributed by atoms with Crippen LogP contribution >= 0.6 is 0 Å².